The predicted molar refractivity (Wildman–Crippen MR) is 184 cm³/mol. The molecule has 0 bridgehead atoms. The van der Waals surface area contributed by atoms with Crippen molar-refractivity contribution in [2.45, 2.75) is 59.7 Å². The Morgan fingerprint density at radius 2 is 1.98 bits per heavy atom. The van der Waals surface area contributed by atoms with E-state index in [-0.39, 0.29) is 53.1 Å². The van der Waals surface area contributed by atoms with E-state index in [2.05, 4.69) is 43.8 Å². The SMILES string of the molecule is C#CCN1C(=O)COc2cc(F)c(N=c3snc4n3CC(C)(C)C4)cc21.COC(=O)c1c(C(F)F)nc(C(F)(F)F)c(C2=NCCS2)c1CC(C)C. The van der Waals surface area contributed by atoms with Crippen LogP contribution in [0.5, 0.6) is 5.75 Å². The number of carbonyl (C=O) groups is 2. The summed E-state index contributed by atoms with van der Waals surface area (Å²) in [5.74, 6) is 2.06. The van der Waals surface area contributed by atoms with Gasteiger partial charge >= 0.3 is 12.1 Å². The number of thioether (sulfide) groups is 1. The van der Waals surface area contributed by atoms with Crippen LogP contribution in [-0.4, -0.2) is 63.4 Å². The molecule has 10 nitrogen and oxygen atoms in total. The molecule has 0 atom stereocenters. The fourth-order valence-corrected chi connectivity index (χ4v) is 7.60. The molecule has 278 valence electrons. The van der Waals surface area contributed by atoms with Gasteiger partial charge in [-0.3, -0.25) is 14.7 Å². The van der Waals surface area contributed by atoms with Gasteiger partial charge in [-0.15, -0.1) is 18.2 Å². The number of hydrogen-bond acceptors (Lipinski definition) is 10. The summed E-state index contributed by atoms with van der Waals surface area (Å²) >= 11 is 2.32. The van der Waals surface area contributed by atoms with Gasteiger partial charge in [-0.1, -0.05) is 33.6 Å². The van der Waals surface area contributed by atoms with Crippen molar-refractivity contribution >= 4 is 51.6 Å². The molecule has 18 heteroatoms. The van der Waals surface area contributed by atoms with Crippen LogP contribution in [0.4, 0.5) is 37.7 Å². The number of anilines is 1. The van der Waals surface area contributed by atoms with Crippen LogP contribution < -0.4 is 14.4 Å². The number of rotatable bonds is 7. The largest absolute Gasteiger partial charge is 0.481 e. The average Bonchev–Trinajstić information content (AvgIpc) is 3.79. The van der Waals surface area contributed by atoms with Gasteiger partial charge in [0.05, 0.1) is 24.9 Å². The predicted octanol–water partition coefficient (Wildman–Crippen LogP) is 6.77. The van der Waals surface area contributed by atoms with Gasteiger partial charge < -0.3 is 14.0 Å². The first-order chi connectivity index (χ1) is 24.4. The number of nitrogens with zero attached hydrogens (tertiary/aromatic N) is 6. The number of hydrogen-bond donors (Lipinski definition) is 0. The average molecular weight is 769 g/mol. The Hall–Kier alpha value is -4.37. The minimum atomic E-state index is -4.97. The Kier molecular flexibility index (Phi) is 11.4. The van der Waals surface area contributed by atoms with E-state index in [0.29, 0.717) is 28.5 Å². The van der Waals surface area contributed by atoms with Crippen molar-refractivity contribution in [3.63, 3.8) is 0 Å². The van der Waals surface area contributed by atoms with Crippen LogP contribution in [0.15, 0.2) is 22.1 Å². The van der Waals surface area contributed by atoms with Crippen LogP contribution in [0, 0.1) is 29.5 Å². The van der Waals surface area contributed by atoms with Gasteiger partial charge in [0.1, 0.15) is 28.0 Å². The maximum absolute atomic E-state index is 14.5. The van der Waals surface area contributed by atoms with E-state index in [4.69, 9.17) is 11.2 Å². The van der Waals surface area contributed by atoms with Gasteiger partial charge in [-0.25, -0.2) is 27.9 Å². The van der Waals surface area contributed by atoms with Crippen molar-refractivity contribution in [1.29, 1.82) is 0 Å². The quantitative estimate of drug-likeness (QED) is 0.148. The maximum Gasteiger partial charge on any atom is 0.434 e. The number of carbonyl (C=O) groups excluding carboxylic acids is 2. The van der Waals surface area contributed by atoms with Crippen molar-refractivity contribution in [1.82, 2.24) is 13.9 Å². The summed E-state index contributed by atoms with van der Waals surface area (Å²) in [6.07, 6.45) is -2.13. The molecule has 0 unspecified atom stereocenters. The topological polar surface area (TPSA) is 111 Å². The number of amides is 1. The van der Waals surface area contributed by atoms with Gasteiger partial charge in [0.2, 0.25) is 4.80 Å². The van der Waals surface area contributed by atoms with Crippen LogP contribution in [0.3, 0.4) is 0 Å². The summed E-state index contributed by atoms with van der Waals surface area (Å²) in [6.45, 7) is 8.79. The van der Waals surface area contributed by atoms with Gasteiger partial charge in [-0.05, 0) is 29.4 Å². The summed E-state index contributed by atoms with van der Waals surface area (Å²) in [7, 11) is 0.982. The molecule has 3 aliphatic rings. The number of halogens is 6. The third-order valence-electron chi connectivity index (χ3n) is 8.04. The van der Waals surface area contributed by atoms with Gasteiger partial charge in [0, 0.05) is 48.4 Å². The zero-order valence-corrected chi connectivity index (χ0v) is 30.4. The highest BCUT2D eigenvalue weighted by Crippen LogP contribution is 2.41. The normalized spacial score (nSPS) is 16.6. The molecule has 0 aliphatic carbocycles. The lowest BCUT2D eigenvalue weighted by atomic mass is 9.91. The second kappa shape index (κ2) is 15.3. The lowest BCUT2D eigenvalue weighted by Crippen LogP contribution is -2.39. The Bertz CT molecular complexity index is 2030. The highest BCUT2D eigenvalue weighted by molar-refractivity contribution is 8.14. The van der Waals surface area contributed by atoms with E-state index in [1.165, 1.54) is 28.6 Å². The third-order valence-corrected chi connectivity index (χ3v) is 9.81. The summed E-state index contributed by atoms with van der Waals surface area (Å²) in [4.78, 5) is 37.9. The molecule has 52 heavy (non-hydrogen) atoms. The first-order valence-corrected chi connectivity index (χ1v) is 17.7. The number of aromatic nitrogens is 3. The second-order valence-electron chi connectivity index (χ2n) is 13.2. The van der Waals surface area contributed by atoms with E-state index in [9.17, 15) is 35.9 Å². The number of esters is 1. The van der Waals surface area contributed by atoms with Crippen molar-refractivity contribution < 1.29 is 45.4 Å². The summed E-state index contributed by atoms with van der Waals surface area (Å²) in [5.41, 5.74) is -3.11. The number of benzene rings is 1. The molecule has 0 N–H and O–H groups in total. The molecule has 1 amide bonds. The van der Waals surface area contributed by atoms with E-state index in [1.54, 1.807) is 13.8 Å². The van der Waals surface area contributed by atoms with Crippen LogP contribution in [-0.2, 0) is 35.1 Å². The molecule has 6 rings (SSSR count). The van der Waals surface area contributed by atoms with Gasteiger partial charge in [0.25, 0.3) is 12.3 Å². The molecule has 0 radical (unpaired) electrons. The minimum absolute atomic E-state index is 0.0231. The molecule has 0 saturated carbocycles. The molecule has 5 heterocycles. The first kappa shape index (κ1) is 38.9. The summed E-state index contributed by atoms with van der Waals surface area (Å²) in [6, 6.07) is 2.76. The Morgan fingerprint density at radius 3 is 2.58 bits per heavy atom. The molecule has 1 aromatic carbocycles. The Balaban J connectivity index is 0.000000201. The van der Waals surface area contributed by atoms with E-state index < -0.39 is 46.9 Å². The van der Waals surface area contributed by atoms with Crippen molar-refractivity contribution in [2.75, 3.05) is 37.5 Å². The zero-order chi connectivity index (χ0) is 38.1. The van der Waals surface area contributed by atoms with Crippen molar-refractivity contribution in [2.24, 2.45) is 21.3 Å². The molecular weight excluding hydrogens is 735 g/mol. The van der Waals surface area contributed by atoms with E-state index >= 15 is 0 Å². The molecule has 0 spiro atoms. The molecule has 3 aromatic rings. The van der Waals surface area contributed by atoms with Gasteiger partial charge in [-0.2, -0.15) is 17.5 Å². The number of alkyl halides is 5. The number of ether oxygens (including phenoxy) is 2. The number of aliphatic imine (C=N–C) groups is 1. The van der Waals surface area contributed by atoms with E-state index in [1.807, 2.05) is 4.57 Å². The van der Waals surface area contributed by atoms with Crippen LogP contribution in [0.25, 0.3) is 0 Å². The first-order valence-electron chi connectivity index (χ1n) is 15.9. The lowest BCUT2D eigenvalue weighted by molar-refractivity contribution is -0.141. The summed E-state index contributed by atoms with van der Waals surface area (Å²) in [5, 5.41) is 0.0615. The maximum atomic E-state index is 14.5. The van der Waals surface area contributed by atoms with Crippen LogP contribution in [0.1, 0.15) is 72.8 Å². The number of pyridine rings is 1. The fraction of sp³-hybridized carbons (Fsp3) is 0.471. The van der Waals surface area contributed by atoms with Crippen LogP contribution >= 0.6 is 23.3 Å². The zero-order valence-electron chi connectivity index (χ0n) is 28.7. The van der Waals surface area contributed by atoms with Crippen molar-refractivity contribution in [3.8, 4) is 18.1 Å². The Morgan fingerprint density at radius 1 is 1.25 bits per heavy atom. The van der Waals surface area contributed by atoms with Crippen LogP contribution in [0.2, 0.25) is 0 Å². The number of terminal acetylenes is 1. The molecular formula is C34H34F6N6O4S2. The molecule has 0 fully saturated rings. The highest BCUT2D eigenvalue weighted by atomic mass is 32.2. The molecule has 2 aromatic heterocycles. The van der Waals surface area contributed by atoms with Crippen molar-refractivity contribution in [3.05, 3.63) is 56.7 Å². The minimum Gasteiger partial charge on any atom is -0.481 e. The standard InChI is InChI=1S/C18H17FN4O2S.C16H17F5N2O2S/c1-4-5-22-13-7-12(11(19)6-14(13)25-9-16(22)24)20-17-23-10-18(2,3)8-15(23)21-26-17;1-7(2)6-8-9(15(24)25-3)11(13(17)18)23-12(16(19,20)21)10(8)14-22-4-5-26-14/h1,6-7H,5,8-10H2,2-3H3;7,13H,4-6H2,1-3H3. The highest BCUT2D eigenvalue weighted by Gasteiger charge is 2.42. The fourth-order valence-electron chi connectivity index (χ4n) is 5.92. The third kappa shape index (κ3) is 8.15. The smallest absolute Gasteiger partial charge is 0.434 e. The summed E-state index contributed by atoms with van der Waals surface area (Å²) < 4.78 is 98.5. The lowest BCUT2D eigenvalue weighted by Gasteiger charge is -2.28. The molecule has 3 aliphatic heterocycles. The second-order valence-corrected chi connectivity index (χ2v) is 15.0. The number of methoxy groups -OCH3 is 1. The van der Waals surface area contributed by atoms with E-state index in [0.717, 1.165) is 37.7 Å². The Labute approximate surface area is 303 Å². The number of fused-ring (bicyclic) bond motifs is 2. The molecule has 0 saturated heterocycles. The monoisotopic (exact) mass is 768 g/mol. The van der Waals surface area contributed by atoms with Gasteiger partial charge in [0.15, 0.2) is 18.1 Å².